The first-order valence-corrected chi connectivity index (χ1v) is 7.80. The minimum Gasteiger partial charge on any atom is -0.322 e. The van der Waals surface area contributed by atoms with E-state index in [0.717, 1.165) is 16.6 Å². The van der Waals surface area contributed by atoms with Crippen LogP contribution >= 0.6 is 11.6 Å². The van der Waals surface area contributed by atoms with Gasteiger partial charge in [0.05, 0.1) is 22.1 Å². The van der Waals surface area contributed by atoms with Crippen LogP contribution in [0.5, 0.6) is 0 Å². The Balaban J connectivity index is 1.69. The molecule has 5 heteroatoms. The van der Waals surface area contributed by atoms with Gasteiger partial charge in [-0.25, -0.2) is 9.97 Å². The number of amides is 1. The highest BCUT2D eigenvalue weighted by molar-refractivity contribution is 6.30. The summed E-state index contributed by atoms with van der Waals surface area (Å²) in [6, 6.07) is 20.0. The lowest BCUT2D eigenvalue weighted by Crippen LogP contribution is -2.11. The van der Waals surface area contributed by atoms with Crippen molar-refractivity contribution in [2.24, 2.45) is 0 Å². The molecule has 0 atom stereocenters. The van der Waals surface area contributed by atoms with Gasteiger partial charge in [0.15, 0.2) is 0 Å². The number of halogens is 1. The molecular weight excluding hydrogens is 322 g/mol. The number of carbonyl (C=O) groups excluding carboxylic acids is 1. The Morgan fingerprint density at radius 3 is 2.12 bits per heavy atom. The van der Waals surface area contributed by atoms with Gasteiger partial charge in [0.2, 0.25) is 0 Å². The van der Waals surface area contributed by atoms with Crippen molar-refractivity contribution in [1.29, 1.82) is 0 Å². The van der Waals surface area contributed by atoms with E-state index in [1.54, 1.807) is 36.4 Å². The van der Waals surface area contributed by atoms with Gasteiger partial charge in [0.25, 0.3) is 5.91 Å². The molecule has 0 aliphatic heterocycles. The Hall–Kier alpha value is -2.98. The van der Waals surface area contributed by atoms with Gasteiger partial charge in [-0.1, -0.05) is 23.7 Å². The van der Waals surface area contributed by atoms with E-state index in [-0.39, 0.29) is 5.91 Å². The van der Waals surface area contributed by atoms with Crippen molar-refractivity contribution in [3.05, 3.63) is 77.3 Å². The average Bonchev–Trinajstić information content (AvgIpc) is 2.61. The number of rotatable bonds is 2. The molecule has 0 saturated heterocycles. The number of hydrogen-bond donors (Lipinski definition) is 1. The molecule has 0 bridgehead atoms. The third-order valence-electron chi connectivity index (χ3n) is 3.70. The summed E-state index contributed by atoms with van der Waals surface area (Å²) in [6.45, 7) is 0. The number of benzene rings is 3. The molecule has 0 aliphatic rings. The van der Waals surface area contributed by atoms with E-state index in [2.05, 4.69) is 15.3 Å². The monoisotopic (exact) mass is 333 g/mol. The van der Waals surface area contributed by atoms with Crippen LogP contribution in [0.3, 0.4) is 0 Å². The van der Waals surface area contributed by atoms with E-state index >= 15 is 0 Å². The lowest BCUT2D eigenvalue weighted by molar-refractivity contribution is 0.102. The fourth-order valence-electron chi connectivity index (χ4n) is 2.50. The number of para-hydroxylation sites is 2. The zero-order valence-corrected chi connectivity index (χ0v) is 13.3. The zero-order valence-electron chi connectivity index (χ0n) is 12.5. The fourth-order valence-corrected chi connectivity index (χ4v) is 2.62. The highest BCUT2D eigenvalue weighted by Crippen LogP contribution is 2.19. The molecule has 0 fully saturated rings. The molecule has 1 amide bonds. The van der Waals surface area contributed by atoms with Gasteiger partial charge in [0.1, 0.15) is 0 Å². The third-order valence-corrected chi connectivity index (χ3v) is 3.96. The molecule has 0 aliphatic carbocycles. The smallest absolute Gasteiger partial charge is 0.255 e. The predicted molar refractivity (Wildman–Crippen MR) is 96.4 cm³/mol. The molecule has 1 N–H and O–H groups in total. The first kappa shape index (κ1) is 14.6. The molecule has 24 heavy (non-hydrogen) atoms. The van der Waals surface area contributed by atoms with E-state index < -0.39 is 0 Å². The summed E-state index contributed by atoms with van der Waals surface area (Å²) in [5.74, 6) is -0.200. The second-order valence-corrected chi connectivity index (χ2v) is 5.81. The number of nitrogens with one attached hydrogen (secondary N) is 1. The van der Waals surface area contributed by atoms with E-state index in [1.165, 1.54) is 0 Å². The quantitative estimate of drug-likeness (QED) is 0.541. The van der Waals surface area contributed by atoms with Crippen LogP contribution in [0, 0.1) is 0 Å². The van der Waals surface area contributed by atoms with Crippen molar-refractivity contribution in [3.8, 4) is 0 Å². The van der Waals surface area contributed by atoms with Crippen LogP contribution in [0.1, 0.15) is 10.4 Å². The standard InChI is InChI=1S/C19H12ClN3O/c20-13-6-8-14(9-7-13)21-19(24)12-5-10-17-18(11-12)23-16-4-2-1-3-15(16)22-17/h1-11H,(H,21,24). The van der Waals surface area contributed by atoms with Crippen LogP contribution in [0.4, 0.5) is 5.69 Å². The van der Waals surface area contributed by atoms with Gasteiger partial charge in [-0.05, 0) is 54.6 Å². The van der Waals surface area contributed by atoms with Crippen molar-refractivity contribution < 1.29 is 4.79 Å². The minimum atomic E-state index is -0.200. The maximum absolute atomic E-state index is 12.4. The zero-order chi connectivity index (χ0) is 16.5. The Bertz CT molecular complexity index is 1060. The van der Waals surface area contributed by atoms with Gasteiger partial charge in [-0.15, -0.1) is 0 Å². The number of fused-ring (bicyclic) bond motifs is 2. The van der Waals surface area contributed by atoms with Crippen LogP contribution in [0.15, 0.2) is 66.7 Å². The van der Waals surface area contributed by atoms with E-state index in [1.807, 2.05) is 30.3 Å². The maximum Gasteiger partial charge on any atom is 0.255 e. The highest BCUT2D eigenvalue weighted by Gasteiger charge is 2.09. The minimum absolute atomic E-state index is 0.200. The van der Waals surface area contributed by atoms with E-state index in [4.69, 9.17) is 11.6 Å². The molecule has 3 aromatic carbocycles. The van der Waals surface area contributed by atoms with Crippen molar-refractivity contribution in [2.75, 3.05) is 5.32 Å². The van der Waals surface area contributed by atoms with Gasteiger partial charge in [-0.2, -0.15) is 0 Å². The normalized spacial score (nSPS) is 10.9. The second-order valence-electron chi connectivity index (χ2n) is 5.38. The first-order chi connectivity index (χ1) is 11.7. The van der Waals surface area contributed by atoms with E-state index in [9.17, 15) is 4.79 Å². The van der Waals surface area contributed by atoms with Crippen molar-refractivity contribution in [3.63, 3.8) is 0 Å². The Morgan fingerprint density at radius 2 is 1.42 bits per heavy atom. The number of aromatic nitrogens is 2. The largest absolute Gasteiger partial charge is 0.322 e. The Kier molecular flexibility index (Phi) is 3.59. The van der Waals surface area contributed by atoms with Crippen LogP contribution in [-0.2, 0) is 0 Å². The summed E-state index contributed by atoms with van der Waals surface area (Å²) in [4.78, 5) is 21.6. The lowest BCUT2D eigenvalue weighted by Gasteiger charge is -2.06. The van der Waals surface area contributed by atoms with Crippen LogP contribution in [0.2, 0.25) is 5.02 Å². The average molecular weight is 334 g/mol. The maximum atomic E-state index is 12.4. The molecule has 1 heterocycles. The van der Waals surface area contributed by atoms with Gasteiger partial charge >= 0.3 is 0 Å². The first-order valence-electron chi connectivity index (χ1n) is 7.42. The molecular formula is C19H12ClN3O. The van der Waals surface area contributed by atoms with Crippen LogP contribution in [-0.4, -0.2) is 15.9 Å². The summed E-state index contributed by atoms with van der Waals surface area (Å²) in [5, 5.41) is 3.47. The summed E-state index contributed by atoms with van der Waals surface area (Å²) in [7, 11) is 0. The third kappa shape index (κ3) is 2.79. The molecule has 116 valence electrons. The molecule has 1 aromatic heterocycles. The topological polar surface area (TPSA) is 54.9 Å². The molecule has 0 saturated carbocycles. The molecule has 4 rings (SSSR count). The van der Waals surface area contributed by atoms with Crippen LogP contribution < -0.4 is 5.32 Å². The molecule has 4 nitrogen and oxygen atoms in total. The van der Waals surface area contributed by atoms with Crippen molar-refractivity contribution >= 4 is 45.3 Å². The lowest BCUT2D eigenvalue weighted by atomic mass is 10.1. The van der Waals surface area contributed by atoms with Crippen molar-refractivity contribution in [2.45, 2.75) is 0 Å². The summed E-state index contributed by atoms with van der Waals surface area (Å²) in [6.07, 6.45) is 0. The number of hydrogen-bond acceptors (Lipinski definition) is 3. The van der Waals surface area contributed by atoms with Gasteiger partial charge in [-0.3, -0.25) is 4.79 Å². The second kappa shape index (κ2) is 5.91. The van der Waals surface area contributed by atoms with Crippen molar-refractivity contribution in [1.82, 2.24) is 9.97 Å². The van der Waals surface area contributed by atoms with Crippen LogP contribution in [0.25, 0.3) is 22.1 Å². The van der Waals surface area contributed by atoms with Gasteiger partial charge < -0.3 is 5.32 Å². The summed E-state index contributed by atoms with van der Waals surface area (Å²) in [5.41, 5.74) is 4.31. The number of nitrogens with zero attached hydrogens (tertiary/aromatic N) is 2. The SMILES string of the molecule is O=C(Nc1ccc(Cl)cc1)c1ccc2nc3ccccc3nc2c1. The molecule has 4 aromatic rings. The summed E-state index contributed by atoms with van der Waals surface area (Å²) >= 11 is 5.85. The fraction of sp³-hybridized carbons (Fsp3) is 0. The highest BCUT2D eigenvalue weighted by atomic mass is 35.5. The van der Waals surface area contributed by atoms with E-state index in [0.29, 0.717) is 21.8 Å². The number of carbonyl (C=O) groups is 1. The number of anilines is 1. The van der Waals surface area contributed by atoms with Gasteiger partial charge in [0, 0.05) is 16.3 Å². The predicted octanol–water partition coefficient (Wildman–Crippen LogP) is 4.69. The molecule has 0 spiro atoms. The molecule has 0 radical (unpaired) electrons. The Labute approximate surface area is 143 Å². The Morgan fingerprint density at radius 1 is 0.792 bits per heavy atom. The summed E-state index contributed by atoms with van der Waals surface area (Å²) < 4.78 is 0. The molecule has 0 unspecified atom stereocenters.